The second-order valence-electron chi connectivity index (χ2n) is 5.79. The van der Waals surface area contributed by atoms with Crippen molar-refractivity contribution in [2.75, 3.05) is 12.3 Å². The topological polar surface area (TPSA) is 55.1 Å². The molecular weight excluding hydrogens is 243 g/mol. The van der Waals surface area contributed by atoms with Crippen LogP contribution in [0.2, 0.25) is 0 Å². The highest BCUT2D eigenvalue weighted by Crippen LogP contribution is 2.34. The summed E-state index contributed by atoms with van der Waals surface area (Å²) in [5.74, 6) is -0.672. The first kappa shape index (κ1) is 13.8. The van der Waals surface area contributed by atoms with Crippen LogP contribution in [-0.2, 0) is 0 Å². The molecule has 3 nitrogen and oxygen atoms in total. The monoisotopic (exact) mass is 264 g/mol. The number of carbonyl (C=O) groups is 1. The van der Waals surface area contributed by atoms with E-state index in [1.165, 1.54) is 37.5 Å². The Balaban J connectivity index is 1.95. The standard InChI is InChI=1S/C15H21FN2O/c1-15(7-3-2-4-8-15)10-18-14(19)11-5-6-12(16)13(17)9-11/h5-6,9H,2-4,7-8,10,17H2,1H3,(H,18,19). The fourth-order valence-corrected chi connectivity index (χ4v) is 2.66. The minimum absolute atomic E-state index is 0.0107. The zero-order chi connectivity index (χ0) is 13.9. The van der Waals surface area contributed by atoms with Gasteiger partial charge in [0.25, 0.3) is 5.91 Å². The first-order valence-corrected chi connectivity index (χ1v) is 6.83. The number of anilines is 1. The van der Waals surface area contributed by atoms with Crippen molar-refractivity contribution in [1.82, 2.24) is 5.32 Å². The summed E-state index contributed by atoms with van der Waals surface area (Å²) < 4.78 is 13.0. The molecule has 0 saturated heterocycles. The average Bonchev–Trinajstić information content (AvgIpc) is 2.40. The van der Waals surface area contributed by atoms with Gasteiger partial charge in [-0.2, -0.15) is 0 Å². The third kappa shape index (κ3) is 3.46. The van der Waals surface area contributed by atoms with Crippen molar-refractivity contribution < 1.29 is 9.18 Å². The Morgan fingerprint density at radius 3 is 2.68 bits per heavy atom. The summed E-state index contributed by atoms with van der Waals surface area (Å²) in [6.45, 7) is 2.88. The zero-order valence-corrected chi connectivity index (χ0v) is 11.3. The molecule has 0 atom stereocenters. The van der Waals surface area contributed by atoms with Crippen LogP contribution in [0.15, 0.2) is 18.2 Å². The third-order valence-corrected chi connectivity index (χ3v) is 3.99. The predicted octanol–water partition coefficient (Wildman–Crippen LogP) is 3.11. The molecule has 0 radical (unpaired) electrons. The molecule has 2 rings (SSSR count). The predicted molar refractivity (Wildman–Crippen MR) is 74.3 cm³/mol. The van der Waals surface area contributed by atoms with Gasteiger partial charge in [-0.25, -0.2) is 4.39 Å². The largest absolute Gasteiger partial charge is 0.396 e. The van der Waals surface area contributed by atoms with Crippen LogP contribution in [0.25, 0.3) is 0 Å². The van der Waals surface area contributed by atoms with Crippen molar-refractivity contribution in [1.29, 1.82) is 0 Å². The van der Waals surface area contributed by atoms with E-state index >= 15 is 0 Å². The number of hydrogen-bond donors (Lipinski definition) is 2. The molecule has 0 spiro atoms. The van der Waals surface area contributed by atoms with E-state index in [2.05, 4.69) is 12.2 Å². The van der Waals surface area contributed by atoms with Gasteiger partial charge in [0.05, 0.1) is 5.69 Å². The van der Waals surface area contributed by atoms with Crippen LogP contribution < -0.4 is 11.1 Å². The average molecular weight is 264 g/mol. The molecule has 1 aliphatic carbocycles. The molecule has 0 aromatic heterocycles. The zero-order valence-electron chi connectivity index (χ0n) is 11.3. The molecule has 0 unspecified atom stereocenters. The lowest BCUT2D eigenvalue weighted by molar-refractivity contribution is 0.0919. The van der Waals surface area contributed by atoms with Gasteiger partial charge in [-0.3, -0.25) is 4.79 Å². The highest BCUT2D eigenvalue weighted by molar-refractivity contribution is 5.95. The second kappa shape index (κ2) is 5.59. The fraction of sp³-hybridized carbons (Fsp3) is 0.533. The highest BCUT2D eigenvalue weighted by atomic mass is 19.1. The van der Waals surface area contributed by atoms with E-state index in [4.69, 9.17) is 5.73 Å². The van der Waals surface area contributed by atoms with Crippen LogP contribution in [0.5, 0.6) is 0 Å². The van der Waals surface area contributed by atoms with Gasteiger partial charge in [-0.15, -0.1) is 0 Å². The van der Waals surface area contributed by atoms with Crippen molar-refractivity contribution in [3.63, 3.8) is 0 Å². The van der Waals surface area contributed by atoms with Crippen LogP contribution in [0.4, 0.5) is 10.1 Å². The molecule has 3 N–H and O–H groups in total. The Morgan fingerprint density at radius 1 is 1.37 bits per heavy atom. The van der Waals surface area contributed by atoms with E-state index in [1.807, 2.05) is 0 Å². The van der Waals surface area contributed by atoms with Crippen LogP contribution in [-0.4, -0.2) is 12.5 Å². The van der Waals surface area contributed by atoms with Gasteiger partial charge in [-0.05, 0) is 36.5 Å². The Kier molecular flexibility index (Phi) is 4.08. The summed E-state index contributed by atoms with van der Waals surface area (Å²) in [5, 5.41) is 2.94. The summed E-state index contributed by atoms with van der Waals surface area (Å²) >= 11 is 0. The molecule has 1 saturated carbocycles. The number of nitrogens with two attached hydrogens (primary N) is 1. The second-order valence-corrected chi connectivity index (χ2v) is 5.79. The van der Waals surface area contributed by atoms with E-state index in [0.717, 1.165) is 12.8 Å². The van der Waals surface area contributed by atoms with E-state index in [0.29, 0.717) is 12.1 Å². The molecule has 1 aromatic carbocycles. The van der Waals surface area contributed by atoms with Crippen molar-refractivity contribution in [3.05, 3.63) is 29.6 Å². The molecule has 4 heteroatoms. The number of nitrogen functional groups attached to an aromatic ring is 1. The third-order valence-electron chi connectivity index (χ3n) is 3.99. The van der Waals surface area contributed by atoms with Gasteiger partial charge in [0.15, 0.2) is 0 Å². The molecule has 0 bridgehead atoms. The van der Waals surface area contributed by atoms with E-state index < -0.39 is 5.82 Å². The number of hydrogen-bond acceptors (Lipinski definition) is 2. The molecule has 0 aliphatic heterocycles. The number of nitrogens with one attached hydrogen (secondary N) is 1. The lowest BCUT2D eigenvalue weighted by atomic mass is 9.76. The quantitative estimate of drug-likeness (QED) is 0.824. The van der Waals surface area contributed by atoms with Gasteiger partial charge in [0, 0.05) is 12.1 Å². The maximum absolute atomic E-state index is 13.0. The van der Waals surface area contributed by atoms with Gasteiger partial charge in [0.1, 0.15) is 5.82 Å². The Morgan fingerprint density at radius 2 is 2.05 bits per heavy atom. The first-order chi connectivity index (χ1) is 9.00. The van der Waals surface area contributed by atoms with Crippen molar-refractivity contribution in [2.24, 2.45) is 5.41 Å². The Bertz CT molecular complexity index is 467. The summed E-state index contributed by atoms with van der Waals surface area (Å²) in [5.41, 5.74) is 6.09. The van der Waals surface area contributed by atoms with Crippen molar-refractivity contribution in [3.8, 4) is 0 Å². The number of carbonyl (C=O) groups excluding carboxylic acids is 1. The molecular formula is C15H21FN2O. The summed E-state index contributed by atoms with van der Waals surface area (Å²) in [7, 11) is 0. The lowest BCUT2D eigenvalue weighted by Gasteiger charge is -2.33. The minimum Gasteiger partial charge on any atom is -0.396 e. The summed E-state index contributed by atoms with van der Waals surface area (Å²) in [6, 6.07) is 4.07. The number of halogens is 1. The normalized spacial score (nSPS) is 18.0. The lowest BCUT2D eigenvalue weighted by Crippen LogP contribution is -2.37. The van der Waals surface area contributed by atoms with Gasteiger partial charge in [0.2, 0.25) is 0 Å². The van der Waals surface area contributed by atoms with Gasteiger partial charge >= 0.3 is 0 Å². The Labute approximate surface area is 113 Å². The molecule has 1 amide bonds. The van der Waals surface area contributed by atoms with Crippen LogP contribution in [0.3, 0.4) is 0 Å². The number of rotatable bonds is 3. The van der Waals surface area contributed by atoms with E-state index in [-0.39, 0.29) is 17.0 Å². The minimum atomic E-state index is -0.490. The maximum Gasteiger partial charge on any atom is 0.251 e. The molecule has 104 valence electrons. The van der Waals surface area contributed by atoms with E-state index in [1.54, 1.807) is 0 Å². The summed E-state index contributed by atoms with van der Waals surface area (Å²) in [4.78, 5) is 12.0. The molecule has 1 fully saturated rings. The highest BCUT2D eigenvalue weighted by Gasteiger charge is 2.27. The Hall–Kier alpha value is -1.58. The fourth-order valence-electron chi connectivity index (χ4n) is 2.66. The first-order valence-electron chi connectivity index (χ1n) is 6.83. The molecule has 1 aromatic rings. The van der Waals surface area contributed by atoms with Gasteiger partial charge in [-0.1, -0.05) is 26.2 Å². The van der Waals surface area contributed by atoms with Crippen LogP contribution in [0.1, 0.15) is 49.4 Å². The smallest absolute Gasteiger partial charge is 0.251 e. The van der Waals surface area contributed by atoms with Crippen molar-refractivity contribution in [2.45, 2.75) is 39.0 Å². The number of amides is 1. The molecule has 1 aliphatic rings. The summed E-state index contributed by atoms with van der Waals surface area (Å²) in [6.07, 6.45) is 6.06. The molecule has 19 heavy (non-hydrogen) atoms. The molecule has 0 heterocycles. The van der Waals surface area contributed by atoms with Crippen molar-refractivity contribution >= 4 is 11.6 Å². The number of benzene rings is 1. The SMILES string of the molecule is CC1(CNC(=O)c2ccc(F)c(N)c2)CCCCC1. The van der Waals surface area contributed by atoms with Crippen LogP contribution in [0, 0.1) is 11.2 Å². The van der Waals surface area contributed by atoms with Gasteiger partial charge < -0.3 is 11.1 Å². The van der Waals surface area contributed by atoms with Crippen LogP contribution >= 0.6 is 0 Å². The van der Waals surface area contributed by atoms with E-state index in [9.17, 15) is 9.18 Å². The maximum atomic E-state index is 13.0.